The molecule has 0 saturated heterocycles. The topological polar surface area (TPSA) is 35.5 Å². The van der Waals surface area contributed by atoms with E-state index in [4.69, 9.17) is 9.47 Å². The zero-order valence-corrected chi connectivity index (χ0v) is 12.3. The highest BCUT2D eigenvalue weighted by molar-refractivity contribution is 7.98. The summed E-state index contributed by atoms with van der Waals surface area (Å²) in [5, 5.41) is 0. The van der Waals surface area contributed by atoms with Gasteiger partial charge in [0, 0.05) is 10.6 Å². The summed E-state index contributed by atoms with van der Waals surface area (Å²) < 4.78 is 9.85. The molecule has 0 amide bonds. The lowest BCUT2D eigenvalue weighted by molar-refractivity contribution is 0.0600. The van der Waals surface area contributed by atoms with E-state index < -0.39 is 0 Å². The molecule has 0 radical (unpaired) electrons. The van der Waals surface area contributed by atoms with Gasteiger partial charge >= 0.3 is 5.97 Å². The summed E-state index contributed by atoms with van der Waals surface area (Å²) in [5.41, 5.74) is 1.68. The van der Waals surface area contributed by atoms with E-state index in [-0.39, 0.29) is 5.97 Å². The first-order chi connectivity index (χ1) is 9.72. The minimum Gasteiger partial charge on any atom is -0.497 e. The quantitative estimate of drug-likeness (QED) is 0.619. The molecule has 20 heavy (non-hydrogen) atoms. The molecular weight excluding hydrogens is 272 g/mol. The van der Waals surface area contributed by atoms with Gasteiger partial charge in [0.15, 0.2) is 0 Å². The van der Waals surface area contributed by atoms with E-state index in [9.17, 15) is 4.79 Å². The molecule has 2 rings (SSSR count). The second kappa shape index (κ2) is 7.01. The van der Waals surface area contributed by atoms with Crippen molar-refractivity contribution < 1.29 is 14.3 Å². The minimum atomic E-state index is -0.304. The van der Waals surface area contributed by atoms with E-state index in [1.54, 1.807) is 24.9 Å². The van der Waals surface area contributed by atoms with Crippen LogP contribution in [-0.4, -0.2) is 20.2 Å². The highest BCUT2D eigenvalue weighted by atomic mass is 32.2. The third-order valence-corrected chi connectivity index (χ3v) is 3.90. The zero-order chi connectivity index (χ0) is 14.4. The van der Waals surface area contributed by atoms with E-state index in [1.807, 2.05) is 42.5 Å². The van der Waals surface area contributed by atoms with Gasteiger partial charge < -0.3 is 9.47 Å². The number of hydrogen-bond donors (Lipinski definition) is 0. The van der Waals surface area contributed by atoms with Crippen LogP contribution in [0.3, 0.4) is 0 Å². The Morgan fingerprint density at radius 2 is 1.85 bits per heavy atom. The Kier molecular flexibility index (Phi) is 5.07. The molecule has 0 aliphatic rings. The van der Waals surface area contributed by atoms with Crippen LogP contribution in [0.2, 0.25) is 0 Å². The van der Waals surface area contributed by atoms with Crippen molar-refractivity contribution >= 4 is 17.7 Å². The van der Waals surface area contributed by atoms with Crippen LogP contribution in [0, 0.1) is 0 Å². The lowest BCUT2D eigenvalue weighted by atomic mass is 10.1. The van der Waals surface area contributed by atoms with Gasteiger partial charge in [0.1, 0.15) is 5.75 Å². The van der Waals surface area contributed by atoms with Crippen molar-refractivity contribution in [3.63, 3.8) is 0 Å². The third kappa shape index (κ3) is 3.78. The standard InChI is InChI=1S/C16H16O3S/c1-18-14-6-8-15(9-7-14)20-11-12-4-3-5-13(10-12)16(17)19-2/h3-10H,11H2,1-2H3. The Morgan fingerprint density at radius 3 is 2.50 bits per heavy atom. The molecule has 0 aliphatic heterocycles. The van der Waals surface area contributed by atoms with Gasteiger partial charge in [-0.1, -0.05) is 12.1 Å². The molecule has 0 N–H and O–H groups in total. The van der Waals surface area contributed by atoms with Crippen molar-refractivity contribution in [2.75, 3.05) is 14.2 Å². The summed E-state index contributed by atoms with van der Waals surface area (Å²) >= 11 is 1.71. The van der Waals surface area contributed by atoms with Crippen LogP contribution in [-0.2, 0) is 10.5 Å². The molecule has 0 atom stereocenters. The molecule has 0 saturated carbocycles. The molecular formula is C16H16O3S. The highest BCUT2D eigenvalue weighted by Crippen LogP contribution is 2.25. The third-order valence-electron chi connectivity index (χ3n) is 2.81. The summed E-state index contributed by atoms with van der Waals surface area (Å²) in [6.07, 6.45) is 0. The molecule has 0 unspecified atom stereocenters. The van der Waals surface area contributed by atoms with E-state index in [1.165, 1.54) is 7.11 Å². The molecule has 3 nitrogen and oxygen atoms in total. The number of methoxy groups -OCH3 is 2. The van der Waals surface area contributed by atoms with Crippen LogP contribution in [0.15, 0.2) is 53.4 Å². The molecule has 2 aromatic rings. The monoisotopic (exact) mass is 288 g/mol. The van der Waals surface area contributed by atoms with E-state index >= 15 is 0 Å². The second-order valence-corrected chi connectivity index (χ2v) is 5.20. The second-order valence-electron chi connectivity index (χ2n) is 4.16. The van der Waals surface area contributed by atoms with Crippen molar-refractivity contribution in [2.24, 2.45) is 0 Å². The first-order valence-electron chi connectivity index (χ1n) is 6.17. The van der Waals surface area contributed by atoms with Crippen LogP contribution >= 0.6 is 11.8 Å². The number of hydrogen-bond acceptors (Lipinski definition) is 4. The number of ether oxygens (including phenoxy) is 2. The van der Waals surface area contributed by atoms with Crippen LogP contribution in [0.1, 0.15) is 15.9 Å². The SMILES string of the molecule is COC(=O)c1cccc(CSc2ccc(OC)cc2)c1. The minimum absolute atomic E-state index is 0.304. The summed E-state index contributed by atoms with van der Waals surface area (Å²) in [6.45, 7) is 0. The van der Waals surface area contributed by atoms with Crippen molar-refractivity contribution in [3.05, 3.63) is 59.7 Å². The summed E-state index contributed by atoms with van der Waals surface area (Å²) in [7, 11) is 3.04. The Labute approximate surface area is 122 Å². The summed E-state index contributed by atoms with van der Waals surface area (Å²) in [6, 6.07) is 15.4. The molecule has 0 spiro atoms. The van der Waals surface area contributed by atoms with Gasteiger partial charge in [0.2, 0.25) is 0 Å². The maximum atomic E-state index is 11.5. The number of benzene rings is 2. The van der Waals surface area contributed by atoms with E-state index in [0.29, 0.717) is 5.56 Å². The predicted octanol–water partition coefficient (Wildman–Crippen LogP) is 3.77. The predicted molar refractivity (Wildman–Crippen MR) is 80.3 cm³/mol. The molecule has 4 heteroatoms. The van der Waals surface area contributed by atoms with E-state index in [2.05, 4.69) is 0 Å². The smallest absolute Gasteiger partial charge is 0.337 e. The van der Waals surface area contributed by atoms with Gasteiger partial charge in [-0.15, -0.1) is 11.8 Å². The zero-order valence-electron chi connectivity index (χ0n) is 11.5. The van der Waals surface area contributed by atoms with Gasteiger partial charge in [0.25, 0.3) is 0 Å². The van der Waals surface area contributed by atoms with Gasteiger partial charge in [0.05, 0.1) is 19.8 Å². The molecule has 0 bridgehead atoms. The van der Waals surface area contributed by atoms with Crippen LogP contribution in [0.5, 0.6) is 5.75 Å². The van der Waals surface area contributed by atoms with Crippen LogP contribution in [0.25, 0.3) is 0 Å². The molecule has 2 aromatic carbocycles. The van der Waals surface area contributed by atoms with Gasteiger partial charge in [-0.2, -0.15) is 0 Å². The highest BCUT2D eigenvalue weighted by Gasteiger charge is 2.05. The first-order valence-corrected chi connectivity index (χ1v) is 7.15. The van der Waals surface area contributed by atoms with Crippen LogP contribution < -0.4 is 4.74 Å². The summed E-state index contributed by atoms with van der Waals surface area (Å²) in [5.74, 6) is 1.35. The van der Waals surface area contributed by atoms with Crippen molar-refractivity contribution in [3.8, 4) is 5.75 Å². The maximum absolute atomic E-state index is 11.5. The number of esters is 1. The lowest BCUT2D eigenvalue weighted by Crippen LogP contribution is -2.01. The molecule has 0 aromatic heterocycles. The average Bonchev–Trinajstić information content (AvgIpc) is 2.53. The fourth-order valence-electron chi connectivity index (χ4n) is 1.74. The lowest BCUT2D eigenvalue weighted by Gasteiger charge is -2.05. The molecule has 0 heterocycles. The van der Waals surface area contributed by atoms with Crippen molar-refractivity contribution in [2.45, 2.75) is 10.6 Å². The fraction of sp³-hybridized carbons (Fsp3) is 0.188. The Bertz CT molecular complexity index is 579. The number of carbonyl (C=O) groups is 1. The van der Waals surface area contributed by atoms with Gasteiger partial charge in [-0.25, -0.2) is 4.79 Å². The van der Waals surface area contributed by atoms with Crippen LogP contribution in [0.4, 0.5) is 0 Å². The Hall–Kier alpha value is -1.94. The number of carbonyl (C=O) groups excluding carboxylic acids is 1. The average molecular weight is 288 g/mol. The maximum Gasteiger partial charge on any atom is 0.337 e. The van der Waals surface area contributed by atoms with E-state index in [0.717, 1.165) is 22.0 Å². The number of rotatable bonds is 5. The van der Waals surface area contributed by atoms with Crippen molar-refractivity contribution in [1.29, 1.82) is 0 Å². The van der Waals surface area contributed by atoms with Gasteiger partial charge in [-0.05, 0) is 42.0 Å². The molecule has 0 fully saturated rings. The summed E-state index contributed by atoms with van der Waals surface area (Å²) in [4.78, 5) is 12.6. The normalized spacial score (nSPS) is 10.1. The molecule has 0 aliphatic carbocycles. The fourth-order valence-corrected chi connectivity index (χ4v) is 2.59. The first kappa shape index (κ1) is 14.5. The number of thioether (sulfide) groups is 1. The van der Waals surface area contributed by atoms with Gasteiger partial charge in [-0.3, -0.25) is 0 Å². The molecule has 104 valence electrons. The van der Waals surface area contributed by atoms with Crippen molar-refractivity contribution in [1.82, 2.24) is 0 Å². The largest absolute Gasteiger partial charge is 0.497 e. The Balaban J connectivity index is 2.01. The Morgan fingerprint density at radius 1 is 1.10 bits per heavy atom.